The molecule has 0 N–H and O–H groups in total. The zero-order valence-electron chi connectivity index (χ0n) is 1.45. The van der Waals surface area contributed by atoms with Gasteiger partial charge in [0.2, 0.25) is 0 Å². The van der Waals surface area contributed by atoms with E-state index in [-0.39, 0.29) is 0 Å². The van der Waals surface area contributed by atoms with Gasteiger partial charge in [-0.15, -0.1) is 0 Å². The molecule has 0 saturated heterocycles. The molecule has 0 aliphatic carbocycles. The molecule has 0 aromatic carbocycles. The Kier molecular flexibility index (Phi) is 1.94. The Hall–Kier alpha value is 0.452. The van der Waals surface area contributed by atoms with Crippen molar-refractivity contribution >= 4 is 0 Å². The summed E-state index contributed by atoms with van der Waals surface area (Å²) in [4.78, 5) is 0. The van der Waals surface area contributed by atoms with E-state index in [1.165, 1.54) is 0 Å². The van der Waals surface area contributed by atoms with E-state index in [4.69, 9.17) is 0 Å². The van der Waals surface area contributed by atoms with Gasteiger partial charge in [-0.3, -0.25) is 0 Å². The van der Waals surface area contributed by atoms with Crippen LogP contribution in [0.25, 0.3) is 0 Å². The molecular weight excluding hydrogens is 163 g/mol. The summed E-state index contributed by atoms with van der Waals surface area (Å²) in [5.74, 6) is 0. The zero-order chi connectivity index (χ0) is 3.58. The molecule has 0 spiro atoms. The maximum absolute atomic E-state index is 9.78. The molecular formula is F3Pd-. The molecule has 0 saturated carbocycles. The second kappa shape index (κ2) is 1.74. The summed E-state index contributed by atoms with van der Waals surface area (Å²) in [6.45, 7) is 0. The van der Waals surface area contributed by atoms with Gasteiger partial charge < -0.3 is 0 Å². The van der Waals surface area contributed by atoms with E-state index in [2.05, 4.69) is 0 Å². The van der Waals surface area contributed by atoms with Crippen LogP contribution in [0.5, 0.6) is 0 Å². The molecule has 0 atom stereocenters. The van der Waals surface area contributed by atoms with Crippen LogP contribution >= 0.6 is 0 Å². The fourth-order valence-corrected chi connectivity index (χ4v) is 0. The van der Waals surface area contributed by atoms with Crippen molar-refractivity contribution in [2.75, 3.05) is 0 Å². The predicted molar refractivity (Wildman–Crippen MR) is 3.32 cm³/mol. The van der Waals surface area contributed by atoms with Gasteiger partial charge in [-0.05, 0) is 0 Å². The number of halogens is 3. The molecule has 4 heteroatoms. The van der Waals surface area contributed by atoms with Gasteiger partial charge in [0.1, 0.15) is 0 Å². The van der Waals surface area contributed by atoms with Crippen molar-refractivity contribution < 1.29 is 28.0 Å². The first-order valence-corrected chi connectivity index (χ1v) is 2.12. The molecule has 0 aliphatic rings. The van der Waals surface area contributed by atoms with Gasteiger partial charge in [-0.1, -0.05) is 0 Å². The first-order valence-electron chi connectivity index (χ1n) is 0.359. The summed E-state index contributed by atoms with van der Waals surface area (Å²) >= 11 is -4.48. The van der Waals surface area contributed by atoms with Crippen LogP contribution in [0.4, 0.5) is 9.67 Å². The Morgan fingerprint density at radius 3 is 1.00 bits per heavy atom. The van der Waals surface area contributed by atoms with Crippen molar-refractivity contribution in [2.45, 2.75) is 0 Å². The van der Waals surface area contributed by atoms with Gasteiger partial charge in [-0.2, -0.15) is 0 Å². The molecule has 0 aromatic heterocycles. The standard InChI is InChI=1S/3FH.Pd/h3*1H;/q;;;+2/p-3. The van der Waals surface area contributed by atoms with Gasteiger partial charge >= 0.3 is 28.0 Å². The van der Waals surface area contributed by atoms with E-state index >= 15 is 0 Å². The van der Waals surface area contributed by atoms with Crippen molar-refractivity contribution in [2.24, 2.45) is 0 Å². The quantitative estimate of drug-likeness (QED) is 0.472. The molecule has 0 nitrogen and oxygen atoms in total. The van der Waals surface area contributed by atoms with Crippen LogP contribution in [0.15, 0.2) is 0 Å². The molecule has 0 fully saturated rings. The van der Waals surface area contributed by atoms with Crippen molar-refractivity contribution in [1.82, 2.24) is 0 Å². The van der Waals surface area contributed by atoms with Crippen LogP contribution in [0.3, 0.4) is 0 Å². The van der Waals surface area contributed by atoms with Gasteiger partial charge in [0.15, 0.2) is 0 Å². The molecule has 0 amide bonds. The first-order chi connectivity index (χ1) is 1.73. The monoisotopic (exact) mass is 163 g/mol. The summed E-state index contributed by atoms with van der Waals surface area (Å²) in [6.07, 6.45) is 0. The maximum atomic E-state index is 9.78. The van der Waals surface area contributed by atoms with Crippen LogP contribution in [-0.2, 0) is 18.3 Å². The molecule has 0 heterocycles. The van der Waals surface area contributed by atoms with Gasteiger partial charge in [0.05, 0.1) is 0 Å². The second-order valence-electron chi connectivity index (χ2n) is 0.136. The Balaban J connectivity index is 2.32. The molecule has 0 radical (unpaired) electrons. The summed E-state index contributed by atoms with van der Waals surface area (Å²) in [6, 6.07) is 0. The topological polar surface area (TPSA) is 0 Å². The van der Waals surface area contributed by atoms with Crippen LogP contribution in [0.1, 0.15) is 0 Å². The van der Waals surface area contributed by atoms with Gasteiger partial charge in [-0.25, -0.2) is 0 Å². The minimum atomic E-state index is -4.48. The average molecular weight is 163 g/mol. The first kappa shape index (κ1) is 4.45. The van der Waals surface area contributed by atoms with E-state index < -0.39 is 18.3 Å². The Labute approximate surface area is 28.8 Å². The Morgan fingerprint density at radius 1 is 1.00 bits per heavy atom. The molecule has 0 aromatic rings. The predicted octanol–water partition coefficient (Wildman–Crippen LogP) is 1.26. The fourth-order valence-electron chi connectivity index (χ4n) is 0. The molecule has 0 bridgehead atoms. The van der Waals surface area contributed by atoms with Crippen LogP contribution in [0.2, 0.25) is 0 Å². The van der Waals surface area contributed by atoms with Crippen molar-refractivity contribution in [3.63, 3.8) is 0 Å². The van der Waals surface area contributed by atoms with Crippen molar-refractivity contribution in [3.8, 4) is 0 Å². The van der Waals surface area contributed by atoms with Crippen LogP contribution < -0.4 is 0 Å². The third-order valence-electron chi connectivity index (χ3n) is 0. The second-order valence-corrected chi connectivity index (χ2v) is 0.802. The SMILES string of the molecule is [F][Pd-]([F])[F]. The van der Waals surface area contributed by atoms with Crippen molar-refractivity contribution in [3.05, 3.63) is 0 Å². The average Bonchev–Trinajstić information content (AvgIpc) is 0.811. The number of rotatable bonds is 0. The number of hydrogen-bond acceptors (Lipinski definition) is 0. The van der Waals surface area contributed by atoms with Crippen LogP contribution in [0, 0.1) is 0 Å². The third kappa shape index (κ3) is 25.3. The molecule has 32 valence electrons. The van der Waals surface area contributed by atoms with Gasteiger partial charge in [0.25, 0.3) is 0 Å². The Bertz CT molecular complexity index is 8.00. The van der Waals surface area contributed by atoms with E-state index in [1.54, 1.807) is 0 Å². The van der Waals surface area contributed by atoms with E-state index in [0.717, 1.165) is 0 Å². The normalized spacial score (nSPS) is 11.2. The Morgan fingerprint density at radius 2 is 1.00 bits per heavy atom. The molecule has 0 rings (SSSR count). The van der Waals surface area contributed by atoms with E-state index in [0.29, 0.717) is 0 Å². The van der Waals surface area contributed by atoms with E-state index in [9.17, 15) is 9.67 Å². The summed E-state index contributed by atoms with van der Waals surface area (Å²) < 4.78 is 29.4. The number of hydrogen-bond donors (Lipinski definition) is 0. The van der Waals surface area contributed by atoms with Gasteiger partial charge in [0, 0.05) is 0 Å². The van der Waals surface area contributed by atoms with Crippen LogP contribution in [-0.4, -0.2) is 0 Å². The zero-order valence-corrected chi connectivity index (χ0v) is 3.00. The molecule has 0 unspecified atom stereocenters. The van der Waals surface area contributed by atoms with E-state index in [1.807, 2.05) is 0 Å². The summed E-state index contributed by atoms with van der Waals surface area (Å²) in [5.41, 5.74) is 0. The minimum absolute atomic E-state index is 4.48. The third-order valence-corrected chi connectivity index (χ3v) is 0. The fraction of sp³-hybridized carbons (Fsp3) is 0. The van der Waals surface area contributed by atoms with Crippen molar-refractivity contribution in [1.29, 1.82) is 0 Å². The molecule has 0 aliphatic heterocycles. The summed E-state index contributed by atoms with van der Waals surface area (Å²) in [5, 5.41) is 0. The summed E-state index contributed by atoms with van der Waals surface area (Å²) in [7, 11) is 0. The molecule has 4 heavy (non-hydrogen) atoms.